The molecule has 3 aromatic rings. The van der Waals surface area contributed by atoms with Gasteiger partial charge in [0.25, 0.3) is 0 Å². The predicted molar refractivity (Wildman–Crippen MR) is 102 cm³/mol. The molecule has 4 rings (SSSR count). The van der Waals surface area contributed by atoms with Crippen molar-refractivity contribution in [2.45, 2.75) is 12.8 Å². The maximum Gasteiger partial charge on any atom is 0.229 e. The van der Waals surface area contributed by atoms with Crippen LogP contribution in [-0.2, 0) is 4.79 Å². The fourth-order valence-electron chi connectivity index (χ4n) is 3.15. The van der Waals surface area contributed by atoms with Gasteiger partial charge < -0.3 is 10.2 Å². The van der Waals surface area contributed by atoms with E-state index in [1.54, 1.807) is 23.1 Å². The number of rotatable bonds is 4. The standard InChI is InChI=1S/C18H18ClN7O/c19-14-4-1-5-15(9-14)22-18(27)13-3-2-8-25(10-13)16-6-7-17(24-23-16)26-12-20-11-21-26/h1,4-7,9,11-13H,2-3,8,10H2,(H,22,27). The minimum absolute atomic E-state index is 0.00541. The molecule has 2 aromatic heterocycles. The summed E-state index contributed by atoms with van der Waals surface area (Å²) in [6.45, 7) is 1.45. The van der Waals surface area contributed by atoms with E-state index in [4.69, 9.17) is 11.6 Å². The Kier molecular flexibility index (Phi) is 4.97. The Bertz CT molecular complexity index is 914. The second-order valence-electron chi connectivity index (χ2n) is 6.37. The highest BCUT2D eigenvalue weighted by molar-refractivity contribution is 6.30. The number of amides is 1. The first kappa shape index (κ1) is 17.4. The van der Waals surface area contributed by atoms with Gasteiger partial charge >= 0.3 is 0 Å². The van der Waals surface area contributed by atoms with Crippen LogP contribution in [0, 0.1) is 5.92 Å². The molecule has 1 fully saturated rings. The number of nitrogens with one attached hydrogen (secondary N) is 1. The molecule has 3 heterocycles. The van der Waals surface area contributed by atoms with E-state index in [-0.39, 0.29) is 11.8 Å². The summed E-state index contributed by atoms with van der Waals surface area (Å²) in [6.07, 6.45) is 4.78. The number of benzene rings is 1. The molecule has 1 aliphatic heterocycles. The quantitative estimate of drug-likeness (QED) is 0.744. The summed E-state index contributed by atoms with van der Waals surface area (Å²) in [6, 6.07) is 10.9. The van der Waals surface area contributed by atoms with Crippen LogP contribution in [0.3, 0.4) is 0 Å². The highest BCUT2D eigenvalue weighted by Gasteiger charge is 2.27. The molecule has 138 valence electrons. The van der Waals surface area contributed by atoms with Crippen LogP contribution in [0.5, 0.6) is 0 Å². The molecule has 1 aromatic carbocycles. The number of hydrogen-bond donors (Lipinski definition) is 1. The molecule has 1 N–H and O–H groups in total. The molecule has 1 unspecified atom stereocenters. The summed E-state index contributed by atoms with van der Waals surface area (Å²) in [5.41, 5.74) is 0.710. The Hall–Kier alpha value is -3.00. The predicted octanol–water partition coefficient (Wildman–Crippen LogP) is 2.57. The molecule has 0 bridgehead atoms. The highest BCUT2D eigenvalue weighted by atomic mass is 35.5. The van der Waals surface area contributed by atoms with Crippen LogP contribution in [0.1, 0.15) is 12.8 Å². The van der Waals surface area contributed by atoms with Crippen molar-refractivity contribution in [3.63, 3.8) is 0 Å². The normalized spacial score (nSPS) is 16.9. The Balaban J connectivity index is 1.42. The molecule has 9 heteroatoms. The summed E-state index contributed by atoms with van der Waals surface area (Å²) in [5.74, 6) is 1.23. The van der Waals surface area contributed by atoms with Crippen LogP contribution < -0.4 is 10.2 Å². The van der Waals surface area contributed by atoms with Gasteiger partial charge in [-0.2, -0.15) is 5.10 Å². The first-order valence-electron chi connectivity index (χ1n) is 8.69. The molecule has 27 heavy (non-hydrogen) atoms. The molecule has 0 saturated carbocycles. The van der Waals surface area contributed by atoms with Crippen LogP contribution in [-0.4, -0.2) is 44.0 Å². The Morgan fingerprint density at radius 3 is 2.78 bits per heavy atom. The van der Waals surface area contributed by atoms with E-state index in [2.05, 4.69) is 30.5 Å². The third-order valence-corrected chi connectivity index (χ3v) is 4.73. The van der Waals surface area contributed by atoms with Gasteiger partial charge in [-0.3, -0.25) is 4.79 Å². The largest absolute Gasteiger partial charge is 0.354 e. The van der Waals surface area contributed by atoms with Crippen molar-refractivity contribution in [2.24, 2.45) is 5.92 Å². The van der Waals surface area contributed by atoms with Crippen LogP contribution in [0.15, 0.2) is 49.1 Å². The van der Waals surface area contributed by atoms with Crippen LogP contribution >= 0.6 is 11.6 Å². The van der Waals surface area contributed by atoms with Crippen molar-refractivity contribution < 1.29 is 4.79 Å². The fraction of sp³-hybridized carbons (Fsp3) is 0.278. The highest BCUT2D eigenvalue weighted by Crippen LogP contribution is 2.23. The van der Waals surface area contributed by atoms with Gasteiger partial charge in [-0.15, -0.1) is 10.2 Å². The summed E-state index contributed by atoms with van der Waals surface area (Å²) < 4.78 is 1.55. The minimum Gasteiger partial charge on any atom is -0.354 e. The zero-order chi connectivity index (χ0) is 18.6. The Morgan fingerprint density at radius 1 is 1.19 bits per heavy atom. The number of anilines is 2. The number of hydrogen-bond acceptors (Lipinski definition) is 6. The van der Waals surface area contributed by atoms with Crippen molar-refractivity contribution in [2.75, 3.05) is 23.3 Å². The Labute approximate surface area is 161 Å². The maximum atomic E-state index is 12.6. The monoisotopic (exact) mass is 383 g/mol. The van der Waals surface area contributed by atoms with E-state index >= 15 is 0 Å². The molecular formula is C18H18ClN7O. The minimum atomic E-state index is -0.116. The van der Waals surface area contributed by atoms with Crippen molar-refractivity contribution in [1.29, 1.82) is 0 Å². The smallest absolute Gasteiger partial charge is 0.229 e. The second kappa shape index (κ2) is 7.71. The zero-order valence-electron chi connectivity index (χ0n) is 14.5. The van der Waals surface area contributed by atoms with Gasteiger partial charge in [0.2, 0.25) is 5.91 Å². The first-order chi connectivity index (χ1) is 13.2. The molecule has 0 spiro atoms. The van der Waals surface area contributed by atoms with E-state index < -0.39 is 0 Å². The number of halogens is 1. The van der Waals surface area contributed by atoms with E-state index in [1.165, 1.54) is 6.33 Å². The fourth-order valence-corrected chi connectivity index (χ4v) is 3.34. The average Bonchev–Trinajstić information content (AvgIpc) is 3.23. The number of carbonyl (C=O) groups excluding carboxylic acids is 1. The molecule has 1 aliphatic rings. The average molecular weight is 384 g/mol. The lowest BCUT2D eigenvalue weighted by Crippen LogP contribution is -2.41. The van der Waals surface area contributed by atoms with Gasteiger partial charge in [0.05, 0.1) is 5.92 Å². The third kappa shape index (κ3) is 4.06. The van der Waals surface area contributed by atoms with E-state index in [9.17, 15) is 4.79 Å². The van der Waals surface area contributed by atoms with Gasteiger partial charge in [0, 0.05) is 23.8 Å². The molecule has 1 amide bonds. The topological polar surface area (TPSA) is 88.8 Å². The zero-order valence-corrected chi connectivity index (χ0v) is 15.3. The van der Waals surface area contributed by atoms with Crippen LogP contribution in [0.2, 0.25) is 5.02 Å². The van der Waals surface area contributed by atoms with E-state index in [1.807, 2.05) is 24.3 Å². The van der Waals surface area contributed by atoms with Gasteiger partial charge in [0.15, 0.2) is 11.6 Å². The lowest BCUT2D eigenvalue weighted by atomic mass is 9.97. The first-order valence-corrected chi connectivity index (χ1v) is 9.07. The lowest BCUT2D eigenvalue weighted by Gasteiger charge is -2.32. The summed E-state index contributed by atoms with van der Waals surface area (Å²) in [4.78, 5) is 18.6. The SMILES string of the molecule is O=C(Nc1cccc(Cl)c1)C1CCCN(c2ccc(-n3cncn3)nn2)C1. The molecular weight excluding hydrogens is 366 g/mol. The summed E-state index contributed by atoms with van der Waals surface area (Å²) in [5, 5.41) is 16.1. The lowest BCUT2D eigenvalue weighted by molar-refractivity contribution is -0.120. The van der Waals surface area contributed by atoms with Gasteiger partial charge in [-0.25, -0.2) is 9.67 Å². The van der Waals surface area contributed by atoms with Crippen molar-refractivity contribution in [3.8, 4) is 5.82 Å². The molecule has 1 saturated heterocycles. The van der Waals surface area contributed by atoms with E-state index in [0.29, 0.717) is 23.1 Å². The number of piperidine rings is 1. The van der Waals surface area contributed by atoms with E-state index in [0.717, 1.165) is 25.2 Å². The molecule has 0 radical (unpaired) electrons. The van der Waals surface area contributed by atoms with Gasteiger partial charge in [0.1, 0.15) is 12.7 Å². The van der Waals surface area contributed by atoms with Crippen LogP contribution in [0.25, 0.3) is 5.82 Å². The van der Waals surface area contributed by atoms with Crippen molar-refractivity contribution in [1.82, 2.24) is 25.0 Å². The van der Waals surface area contributed by atoms with Crippen LogP contribution in [0.4, 0.5) is 11.5 Å². The summed E-state index contributed by atoms with van der Waals surface area (Å²) >= 11 is 5.98. The van der Waals surface area contributed by atoms with Crippen molar-refractivity contribution >= 4 is 29.0 Å². The maximum absolute atomic E-state index is 12.6. The van der Waals surface area contributed by atoms with Gasteiger partial charge in [-0.05, 0) is 43.2 Å². The van der Waals surface area contributed by atoms with Crippen molar-refractivity contribution in [3.05, 3.63) is 54.1 Å². The number of aromatic nitrogens is 5. The summed E-state index contributed by atoms with van der Waals surface area (Å²) in [7, 11) is 0. The third-order valence-electron chi connectivity index (χ3n) is 4.50. The molecule has 8 nitrogen and oxygen atoms in total. The molecule has 0 aliphatic carbocycles. The number of nitrogens with zero attached hydrogens (tertiary/aromatic N) is 6. The second-order valence-corrected chi connectivity index (χ2v) is 6.81. The Morgan fingerprint density at radius 2 is 2.04 bits per heavy atom. The number of carbonyl (C=O) groups is 1. The van der Waals surface area contributed by atoms with Gasteiger partial charge in [-0.1, -0.05) is 17.7 Å². The molecule has 1 atom stereocenters.